The van der Waals surface area contributed by atoms with Gasteiger partial charge in [-0.2, -0.15) is 0 Å². The minimum atomic E-state index is -0.768. The molecule has 110 valence electrons. The number of nitrogens with one attached hydrogen (secondary N) is 1. The van der Waals surface area contributed by atoms with Crippen molar-refractivity contribution in [3.05, 3.63) is 29.8 Å². The predicted molar refractivity (Wildman–Crippen MR) is 79.8 cm³/mol. The summed E-state index contributed by atoms with van der Waals surface area (Å²) in [5, 5.41) is 2.72. The summed E-state index contributed by atoms with van der Waals surface area (Å²) in [6, 6.07) is 6.44. The van der Waals surface area contributed by atoms with Crippen molar-refractivity contribution in [2.24, 2.45) is 11.7 Å². The molecule has 0 radical (unpaired) electrons. The lowest BCUT2D eigenvalue weighted by atomic mass is 9.83. The van der Waals surface area contributed by atoms with Crippen LogP contribution in [0.2, 0.25) is 0 Å². The Morgan fingerprint density at radius 1 is 1.15 bits per heavy atom. The van der Waals surface area contributed by atoms with Crippen molar-refractivity contribution in [3.8, 4) is 0 Å². The van der Waals surface area contributed by atoms with Crippen LogP contribution in [0.1, 0.15) is 33.3 Å². The number of amides is 2. The molecular weight excluding hydrogens is 254 g/mol. The molecule has 0 fully saturated rings. The highest BCUT2D eigenvalue weighted by atomic mass is 16.2. The van der Waals surface area contributed by atoms with Crippen LogP contribution in [-0.4, -0.2) is 17.9 Å². The fourth-order valence-electron chi connectivity index (χ4n) is 1.92. The first-order chi connectivity index (χ1) is 9.16. The molecule has 0 saturated carbocycles. The molecule has 1 aromatic rings. The summed E-state index contributed by atoms with van der Waals surface area (Å²) in [4.78, 5) is 23.8. The highest BCUT2D eigenvalue weighted by Crippen LogP contribution is 2.24. The molecule has 5 heteroatoms. The predicted octanol–water partition coefficient (Wildman–Crippen LogP) is 1.17. The van der Waals surface area contributed by atoms with Gasteiger partial charge in [-0.25, -0.2) is 0 Å². The van der Waals surface area contributed by atoms with Gasteiger partial charge in [-0.15, -0.1) is 0 Å². The van der Waals surface area contributed by atoms with E-state index in [1.165, 1.54) is 0 Å². The minimum Gasteiger partial charge on any atom is -0.399 e. The summed E-state index contributed by atoms with van der Waals surface area (Å²) in [7, 11) is 0. The second-order valence-corrected chi connectivity index (χ2v) is 5.84. The van der Waals surface area contributed by atoms with Crippen molar-refractivity contribution in [1.29, 1.82) is 0 Å². The quantitative estimate of drug-likeness (QED) is 0.705. The maximum absolute atomic E-state index is 12.4. The number of hydrogen-bond donors (Lipinski definition) is 3. The number of nitrogen functional groups attached to an aromatic ring is 1. The largest absolute Gasteiger partial charge is 0.399 e. The van der Waals surface area contributed by atoms with Gasteiger partial charge in [0.15, 0.2) is 0 Å². The molecule has 0 spiro atoms. The molecule has 20 heavy (non-hydrogen) atoms. The molecule has 1 aromatic carbocycles. The Bertz CT molecular complexity index is 492. The second kappa shape index (κ2) is 5.94. The molecule has 5 N–H and O–H groups in total. The molecule has 0 aliphatic rings. The van der Waals surface area contributed by atoms with E-state index in [4.69, 9.17) is 11.5 Å². The summed E-state index contributed by atoms with van der Waals surface area (Å²) >= 11 is 0. The minimum absolute atomic E-state index is 0.0568. The van der Waals surface area contributed by atoms with Crippen molar-refractivity contribution < 1.29 is 9.59 Å². The van der Waals surface area contributed by atoms with Gasteiger partial charge in [-0.05, 0) is 37.5 Å². The Labute approximate surface area is 119 Å². The molecule has 0 heterocycles. The zero-order valence-corrected chi connectivity index (χ0v) is 12.4. The van der Waals surface area contributed by atoms with E-state index in [1.807, 2.05) is 26.0 Å². The summed E-state index contributed by atoms with van der Waals surface area (Å²) in [5.41, 5.74) is 11.7. The van der Waals surface area contributed by atoms with Crippen LogP contribution >= 0.6 is 0 Å². The fourth-order valence-corrected chi connectivity index (χ4v) is 1.92. The zero-order chi connectivity index (χ0) is 15.5. The SMILES string of the molecule is CC(C)C(NC(=O)C(C)(C)c1ccc(N)cc1)C(N)=O. The van der Waals surface area contributed by atoms with E-state index in [2.05, 4.69) is 5.32 Å². The van der Waals surface area contributed by atoms with Gasteiger partial charge in [0.1, 0.15) is 6.04 Å². The molecule has 0 aliphatic carbocycles. The van der Waals surface area contributed by atoms with Crippen LogP contribution in [0.3, 0.4) is 0 Å². The average Bonchev–Trinajstić information content (AvgIpc) is 2.35. The number of rotatable bonds is 5. The molecule has 1 unspecified atom stereocenters. The first-order valence-electron chi connectivity index (χ1n) is 6.62. The van der Waals surface area contributed by atoms with Crippen LogP contribution in [0.4, 0.5) is 5.69 Å². The smallest absolute Gasteiger partial charge is 0.240 e. The molecule has 0 bridgehead atoms. The number of benzene rings is 1. The van der Waals surface area contributed by atoms with Gasteiger partial charge in [0.05, 0.1) is 5.41 Å². The standard InChI is InChI=1S/C15H23N3O2/c1-9(2)12(13(17)19)18-14(20)15(3,4)10-5-7-11(16)8-6-10/h5-9,12H,16H2,1-4H3,(H2,17,19)(H,18,20). The summed E-state index contributed by atoms with van der Waals surface area (Å²) < 4.78 is 0. The van der Waals surface area contributed by atoms with Gasteiger partial charge in [0.25, 0.3) is 0 Å². The van der Waals surface area contributed by atoms with Crippen molar-refractivity contribution >= 4 is 17.5 Å². The number of carbonyl (C=O) groups excluding carboxylic acids is 2. The highest BCUT2D eigenvalue weighted by Gasteiger charge is 2.33. The molecule has 0 aliphatic heterocycles. The third-order valence-electron chi connectivity index (χ3n) is 3.46. The Hall–Kier alpha value is -2.04. The third kappa shape index (κ3) is 3.50. The second-order valence-electron chi connectivity index (χ2n) is 5.84. The number of hydrogen-bond acceptors (Lipinski definition) is 3. The maximum Gasteiger partial charge on any atom is 0.240 e. The monoisotopic (exact) mass is 277 g/mol. The van der Waals surface area contributed by atoms with E-state index in [9.17, 15) is 9.59 Å². The van der Waals surface area contributed by atoms with E-state index < -0.39 is 17.4 Å². The van der Waals surface area contributed by atoms with Crippen LogP contribution in [0.15, 0.2) is 24.3 Å². The van der Waals surface area contributed by atoms with Gasteiger partial charge < -0.3 is 16.8 Å². The molecular formula is C15H23N3O2. The van der Waals surface area contributed by atoms with Gasteiger partial charge >= 0.3 is 0 Å². The van der Waals surface area contributed by atoms with Crippen molar-refractivity contribution in [2.75, 3.05) is 5.73 Å². The summed E-state index contributed by atoms with van der Waals surface area (Å²) in [5.74, 6) is -0.820. The lowest BCUT2D eigenvalue weighted by Crippen LogP contribution is -2.52. The highest BCUT2D eigenvalue weighted by molar-refractivity contribution is 5.92. The Balaban J connectivity index is 2.94. The molecule has 0 saturated heterocycles. The van der Waals surface area contributed by atoms with E-state index in [-0.39, 0.29) is 11.8 Å². The topological polar surface area (TPSA) is 98.2 Å². The fraction of sp³-hybridized carbons (Fsp3) is 0.467. The average molecular weight is 277 g/mol. The third-order valence-corrected chi connectivity index (χ3v) is 3.46. The first kappa shape index (κ1) is 16.0. The molecule has 2 amide bonds. The van der Waals surface area contributed by atoms with E-state index in [0.29, 0.717) is 5.69 Å². The summed E-state index contributed by atoms with van der Waals surface area (Å²) in [6.07, 6.45) is 0. The number of anilines is 1. The first-order valence-corrected chi connectivity index (χ1v) is 6.62. The lowest BCUT2D eigenvalue weighted by Gasteiger charge is -2.28. The Morgan fingerprint density at radius 2 is 1.65 bits per heavy atom. The number of primary amides is 1. The molecule has 5 nitrogen and oxygen atoms in total. The van der Waals surface area contributed by atoms with Gasteiger partial charge in [-0.1, -0.05) is 26.0 Å². The number of nitrogens with two attached hydrogens (primary N) is 2. The van der Waals surface area contributed by atoms with E-state index in [0.717, 1.165) is 5.56 Å². The molecule has 1 rings (SSSR count). The summed E-state index contributed by atoms with van der Waals surface area (Å²) in [6.45, 7) is 7.27. The number of carbonyl (C=O) groups is 2. The van der Waals surface area contributed by atoms with Gasteiger partial charge in [0, 0.05) is 5.69 Å². The van der Waals surface area contributed by atoms with Gasteiger partial charge in [0.2, 0.25) is 11.8 Å². The van der Waals surface area contributed by atoms with Crippen LogP contribution < -0.4 is 16.8 Å². The normalized spacial score (nSPS) is 13.1. The van der Waals surface area contributed by atoms with Crippen LogP contribution in [0, 0.1) is 5.92 Å². The van der Waals surface area contributed by atoms with Crippen LogP contribution in [0.25, 0.3) is 0 Å². The van der Waals surface area contributed by atoms with Crippen molar-refractivity contribution in [1.82, 2.24) is 5.32 Å². The lowest BCUT2D eigenvalue weighted by molar-refractivity contribution is -0.131. The molecule has 1 atom stereocenters. The van der Waals surface area contributed by atoms with Crippen molar-refractivity contribution in [2.45, 2.75) is 39.2 Å². The molecule has 0 aromatic heterocycles. The van der Waals surface area contributed by atoms with Crippen molar-refractivity contribution in [3.63, 3.8) is 0 Å². The maximum atomic E-state index is 12.4. The van der Waals surface area contributed by atoms with Gasteiger partial charge in [-0.3, -0.25) is 9.59 Å². The van der Waals surface area contributed by atoms with E-state index >= 15 is 0 Å². The Kier molecular flexibility index (Phi) is 4.76. The van der Waals surface area contributed by atoms with E-state index in [1.54, 1.807) is 26.0 Å². The zero-order valence-electron chi connectivity index (χ0n) is 12.4. The Morgan fingerprint density at radius 3 is 2.05 bits per heavy atom. The van der Waals surface area contributed by atoms with Crippen LogP contribution in [0.5, 0.6) is 0 Å². The van der Waals surface area contributed by atoms with Crippen LogP contribution in [-0.2, 0) is 15.0 Å².